The summed E-state index contributed by atoms with van der Waals surface area (Å²) in [5, 5.41) is 5.21. The number of hydrogen-bond acceptors (Lipinski definition) is 4. The van der Waals surface area contributed by atoms with Gasteiger partial charge < -0.3 is 10.1 Å². The molecule has 0 radical (unpaired) electrons. The summed E-state index contributed by atoms with van der Waals surface area (Å²) in [6.45, 7) is 3.15. The van der Waals surface area contributed by atoms with Gasteiger partial charge in [-0.05, 0) is 29.6 Å². The van der Waals surface area contributed by atoms with Crippen molar-refractivity contribution in [1.82, 2.24) is 10.2 Å². The minimum atomic E-state index is -4.72. The van der Waals surface area contributed by atoms with E-state index in [9.17, 15) is 13.2 Å². The van der Waals surface area contributed by atoms with Crippen LogP contribution in [0.15, 0.2) is 40.2 Å². The lowest BCUT2D eigenvalue weighted by Crippen LogP contribution is -2.45. The van der Waals surface area contributed by atoms with Gasteiger partial charge in [0.1, 0.15) is 5.75 Å². The van der Waals surface area contributed by atoms with Gasteiger partial charge in [0.25, 0.3) is 0 Å². The topological polar surface area (TPSA) is 24.5 Å². The second-order valence-corrected chi connectivity index (χ2v) is 7.33. The van der Waals surface area contributed by atoms with Gasteiger partial charge in [-0.3, -0.25) is 4.90 Å². The molecule has 138 valence electrons. The van der Waals surface area contributed by atoms with Crippen LogP contribution in [0.5, 0.6) is 5.75 Å². The van der Waals surface area contributed by atoms with E-state index in [4.69, 9.17) is 0 Å². The molecule has 0 aliphatic carbocycles. The minimum absolute atomic E-state index is 0. The fourth-order valence-corrected chi connectivity index (χ4v) is 4.12. The molecular weight excluding hydrogens is 441 g/mol. The van der Waals surface area contributed by atoms with Gasteiger partial charge in [-0.15, -0.1) is 36.9 Å². The fraction of sp³-hybridized carbons (Fsp3) is 0.375. The first-order valence-electron chi connectivity index (χ1n) is 7.47. The Hall–Kier alpha value is -0.800. The number of nitrogens with zero attached hydrogens (tertiary/aromatic N) is 1. The van der Waals surface area contributed by atoms with Crippen LogP contribution in [0.25, 0.3) is 0 Å². The molecule has 1 aromatic carbocycles. The second-order valence-electron chi connectivity index (χ2n) is 5.43. The summed E-state index contributed by atoms with van der Waals surface area (Å²) in [6, 6.07) is 8.26. The normalized spacial score (nSPS) is 17.0. The summed E-state index contributed by atoms with van der Waals surface area (Å²) < 4.78 is 43.5. The molecule has 0 unspecified atom stereocenters. The van der Waals surface area contributed by atoms with Crippen molar-refractivity contribution >= 4 is 39.7 Å². The summed E-state index contributed by atoms with van der Waals surface area (Å²) in [7, 11) is 0. The number of piperazine rings is 1. The highest BCUT2D eigenvalue weighted by atomic mass is 79.9. The molecule has 0 bridgehead atoms. The predicted molar refractivity (Wildman–Crippen MR) is 98.7 cm³/mol. The van der Waals surface area contributed by atoms with Gasteiger partial charge in [0.15, 0.2) is 0 Å². The van der Waals surface area contributed by atoms with Crippen LogP contribution < -0.4 is 10.1 Å². The van der Waals surface area contributed by atoms with E-state index in [0.717, 1.165) is 35.5 Å². The summed E-state index contributed by atoms with van der Waals surface area (Å²) in [5.41, 5.74) is 0.519. The molecular formula is C16H17BrClF3N2OS. The van der Waals surface area contributed by atoms with Crippen LogP contribution >= 0.6 is 39.7 Å². The van der Waals surface area contributed by atoms with Crippen molar-refractivity contribution in [2.24, 2.45) is 0 Å². The van der Waals surface area contributed by atoms with E-state index in [0.29, 0.717) is 5.56 Å². The lowest BCUT2D eigenvalue weighted by Gasteiger charge is -2.35. The number of rotatable bonds is 4. The largest absolute Gasteiger partial charge is 0.573 e. The van der Waals surface area contributed by atoms with E-state index in [1.807, 2.05) is 17.5 Å². The average molecular weight is 458 g/mol. The van der Waals surface area contributed by atoms with Crippen LogP contribution in [0.1, 0.15) is 16.5 Å². The fourth-order valence-electron chi connectivity index (χ4n) is 2.87. The van der Waals surface area contributed by atoms with Crippen molar-refractivity contribution in [2.45, 2.75) is 12.4 Å². The Morgan fingerprint density at radius 2 is 1.92 bits per heavy atom. The van der Waals surface area contributed by atoms with Crippen LogP contribution in [-0.4, -0.2) is 37.4 Å². The predicted octanol–water partition coefficient (Wildman–Crippen LogP) is 4.83. The maximum Gasteiger partial charge on any atom is 0.573 e. The molecule has 1 aliphatic rings. The van der Waals surface area contributed by atoms with Crippen molar-refractivity contribution in [1.29, 1.82) is 0 Å². The Bertz CT molecular complexity index is 679. The molecule has 3 rings (SSSR count). The second kappa shape index (κ2) is 8.73. The standard InChI is InChI=1S/C16H16BrF3N2OS.ClH/c17-11-3-4-13(23-16(18,19)20)12(10-11)15(14-2-1-9-24-14)22-7-5-21-6-8-22;/h1-4,9-10,15,21H,5-8H2;1H/t15-;/m0./s1. The zero-order valence-corrected chi connectivity index (χ0v) is 16.3. The highest BCUT2D eigenvalue weighted by Gasteiger charge is 2.35. The van der Waals surface area contributed by atoms with Gasteiger partial charge in [-0.1, -0.05) is 22.0 Å². The Morgan fingerprint density at radius 3 is 2.52 bits per heavy atom. The van der Waals surface area contributed by atoms with Crippen molar-refractivity contribution in [3.05, 3.63) is 50.6 Å². The van der Waals surface area contributed by atoms with Crippen molar-refractivity contribution in [2.75, 3.05) is 26.2 Å². The third-order valence-corrected chi connectivity index (χ3v) is 5.24. The molecule has 1 saturated heterocycles. The van der Waals surface area contributed by atoms with Crippen LogP contribution in [0.2, 0.25) is 0 Å². The first-order valence-corrected chi connectivity index (χ1v) is 9.15. The SMILES string of the molecule is Cl.FC(F)(F)Oc1ccc(Br)cc1[C@@H](c1cccs1)N1CCNCC1. The van der Waals surface area contributed by atoms with Gasteiger partial charge in [0.05, 0.1) is 6.04 Å². The monoisotopic (exact) mass is 456 g/mol. The Balaban J connectivity index is 0.00000225. The zero-order valence-electron chi connectivity index (χ0n) is 13.1. The van der Waals surface area contributed by atoms with E-state index in [1.165, 1.54) is 17.4 Å². The highest BCUT2D eigenvalue weighted by molar-refractivity contribution is 9.10. The maximum atomic E-state index is 12.8. The number of nitrogens with one attached hydrogen (secondary N) is 1. The molecule has 9 heteroatoms. The molecule has 1 fully saturated rings. The van der Waals surface area contributed by atoms with Crippen LogP contribution in [0, 0.1) is 0 Å². The molecule has 1 aromatic heterocycles. The third-order valence-electron chi connectivity index (χ3n) is 3.82. The maximum absolute atomic E-state index is 12.8. The average Bonchev–Trinajstić information content (AvgIpc) is 3.04. The van der Waals surface area contributed by atoms with E-state index in [-0.39, 0.29) is 24.2 Å². The quantitative estimate of drug-likeness (QED) is 0.712. The zero-order chi connectivity index (χ0) is 17.2. The number of thiophene rings is 1. The van der Waals surface area contributed by atoms with Gasteiger partial charge in [-0.25, -0.2) is 0 Å². The molecule has 0 spiro atoms. The molecule has 0 saturated carbocycles. The Morgan fingerprint density at radius 1 is 1.20 bits per heavy atom. The summed E-state index contributed by atoms with van der Waals surface area (Å²) >= 11 is 4.91. The number of alkyl halides is 3. The molecule has 3 nitrogen and oxygen atoms in total. The van der Waals surface area contributed by atoms with Crippen LogP contribution in [0.4, 0.5) is 13.2 Å². The molecule has 25 heavy (non-hydrogen) atoms. The van der Waals surface area contributed by atoms with E-state index in [1.54, 1.807) is 12.1 Å². The molecule has 1 aliphatic heterocycles. The van der Waals surface area contributed by atoms with Crippen LogP contribution in [-0.2, 0) is 0 Å². The summed E-state index contributed by atoms with van der Waals surface area (Å²) in [5.74, 6) is -0.150. The van der Waals surface area contributed by atoms with Crippen molar-refractivity contribution in [3.63, 3.8) is 0 Å². The van der Waals surface area contributed by atoms with Gasteiger partial charge in [0.2, 0.25) is 0 Å². The molecule has 2 aromatic rings. The number of benzene rings is 1. The first kappa shape index (κ1) is 20.5. The van der Waals surface area contributed by atoms with Crippen molar-refractivity contribution < 1.29 is 17.9 Å². The van der Waals surface area contributed by atoms with E-state index < -0.39 is 6.36 Å². The van der Waals surface area contributed by atoms with E-state index in [2.05, 4.69) is 30.9 Å². The summed E-state index contributed by atoms with van der Waals surface area (Å²) in [4.78, 5) is 3.19. The molecule has 1 N–H and O–H groups in total. The Kier molecular flexibility index (Phi) is 7.16. The number of ether oxygens (including phenoxy) is 1. The number of hydrogen-bond donors (Lipinski definition) is 1. The molecule has 2 heterocycles. The van der Waals surface area contributed by atoms with Gasteiger partial charge >= 0.3 is 6.36 Å². The van der Waals surface area contributed by atoms with E-state index >= 15 is 0 Å². The number of halogens is 5. The highest BCUT2D eigenvalue weighted by Crippen LogP contribution is 2.40. The van der Waals surface area contributed by atoms with Crippen LogP contribution in [0.3, 0.4) is 0 Å². The lowest BCUT2D eigenvalue weighted by molar-refractivity contribution is -0.275. The lowest BCUT2D eigenvalue weighted by atomic mass is 10.0. The third kappa shape index (κ3) is 5.34. The summed E-state index contributed by atoms with van der Waals surface area (Å²) in [6.07, 6.45) is -4.72. The first-order chi connectivity index (χ1) is 11.4. The smallest absolute Gasteiger partial charge is 0.405 e. The molecule has 1 atom stereocenters. The van der Waals surface area contributed by atoms with Crippen molar-refractivity contribution in [3.8, 4) is 5.75 Å². The van der Waals surface area contributed by atoms with Gasteiger partial charge in [0, 0.05) is 41.1 Å². The minimum Gasteiger partial charge on any atom is -0.405 e. The van der Waals surface area contributed by atoms with Gasteiger partial charge in [-0.2, -0.15) is 0 Å². The molecule has 0 amide bonds. The Labute approximate surface area is 162 Å².